The highest BCUT2D eigenvalue weighted by molar-refractivity contribution is 5.83. The number of anilines is 1. The SMILES string of the molecule is CCNC(=O)[C@H]1O[C@@H](n2cnc3c(N)nc(C#CCC4CCN(C(=O)OCC5CCC(=O)N5)CC4)nc32)[C@@H](O)C1O. The van der Waals surface area contributed by atoms with Crippen molar-refractivity contribution >= 4 is 34.9 Å². The van der Waals surface area contributed by atoms with Crippen LogP contribution in [-0.4, -0.2) is 103 Å². The zero-order valence-electron chi connectivity index (χ0n) is 22.7. The molecule has 0 spiro atoms. The van der Waals surface area contributed by atoms with Crippen LogP contribution in [0.5, 0.6) is 0 Å². The van der Waals surface area contributed by atoms with E-state index in [0.29, 0.717) is 38.9 Å². The van der Waals surface area contributed by atoms with Gasteiger partial charge in [-0.1, -0.05) is 5.92 Å². The average molecular weight is 571 g/mol. The Hall–Kier alpha value is -4.00. The lowest BCUT2D eigenvalue weighted by atomic mass is 9.94. The molecule has 2 aromatic heterocycles. The van der Waals surface area contributed by atoms with Crippen molar-refractivity contribution in [3.8, 4) is 11.8 Å². The van der Waals surface area contributed by atoms with E-state index in [1.54, 1.807) is 11.8 Å². The Labute approximate surface area is 235 Å². The molecule has 5 rings (SSSR count). The summed E-state index contributed by atoms with van der Waals surface area (Å²) >= 11 is 0. The van der Waals surface area contributed by atoms with Gasteiger partial charge >= 0.3 is 6.09 Å². The molecule has 3 fully saturated rings. The van der Waals surface area contributed by atoms with E-state index in [-0.39, 0.29) is 53.4 Å². The zero-order valence-corrected chi connectivity index (χ0v) is 22.7. The van der Waals surface area contributed by atoms with Crippen molar-refractivity contribution in [2.24, 2.45) is 5.92 Å². The number of nitrogens with zero attached hydrogens (tertiary/aromatic N) is 5. The van der Waals surface area contributed by atoms with Crippen LogP contribution in [0.1, 0.15) is 51.1 Å². The minimum atomic E-state index is -1.44. The lowest BCUT2D eigenvalue weighted by molar-refractivity contribution is -0.137. The maximum atomic E-state index is 12.4. The Morgan fingerprint density at radius 2 is 2.02 bits per heavy atom. The number of carbonyl (C=O) groups excluding carboxylic acids is 3. The van der Waals surface area contributed by atoms with Crippen LogP contribution >= 0.6 is 0 Å². The smallest absolute Gasteiger partial charge is 0.409 e. The van der Waals surface area contributed by atoms with Crippen LogP contribution in [0.15, 0.2) is 6.33 Å². The first-order chi connectivity index (χ1) is 19.7. The molecule has 0 aromatic carbocycles. The van der Waals surface area contributed by atoms with Crippen molar-refractivity contribution in [2.75, 3.05) is 32.0 Å². The number of imidazole rings is 1. The topological polar surface area (TPSA) is 207 Å². The molecule has 3 saturated heterocycles. The maximum absolute atomic E-state index is 12.4. The molecule has 6 N–H and O–H groups in total. The number of ether oxygens (including phenoxy) is 2. The van der Waals surface area contributed by atoms with Gasteiger partial charge in [-0.3, -0.25) is 14.2 Å². The van der Waals surface area contributed by atoms with Gasteiger partial charge in [-0.25, -0.2) is 19.7 Å². The molecule has 5 atom stereocenters. The van der Waals surface area contributed by atoms with Crippen molar-refractivity contribution in [1.82, 2.24) is 35.1 Å². The summed E-state index contributed by atoms with van der Waals surface area (Å²) in [5.41, 5.74) is 6.62. The number of hydrogen-bond donors (Lipinski definition) is 5. The largest absolute Gasteiger partial charge is 0.447 e. The molecule has 15 heteroatoms. The lowest BCUT2D eigenvalue weighted by Crippen LogP contribution is -2.42. The highest BCUT2D eigenvalue weighted by atomic mass is 16.6. The number of amides is 3. The molecule has 0 aliphatic carbocycles. The van der Waals surface area contributed by atoms with Gasteiger partial charge in [0.25, 0.3) is 5.91 Å². The van der Waals surface area contributed by atoms with Crippen LogP contribution in [0, 0.1) is 17.8 Å². The summed E-state index contributed by atoms with van der Waals surface area (Å²) in [5.74, 6) is 6.02. The average Bonchev–Trinajstić information content (AvgIpc) is 3.65. The van der Waals surface area contributed by atoms with E-state index in [1.807, 2.05) is 0 Å². The Kier molecular flexibility index (Phi) is 8.52. The molecule has 3 aliphatic heterocycles. The molecule has 2 aromatic rings. The number of hydrogen-bond acceptors (Lipinski definition) is 11. The fraction of sp³-hybridized carbons (Fsp3) is 0.615. The molecular weight excluding hydrogens is 536 g/mol. The quantitative estimate of drug-likeness (QED) is 0.267. The third-order valence-corrected chi connectivity index (χ3v) is 7.53. The number of likely N-dealkylation sites (N-methyl/N-ethyl adjacent to an activating group) is 1. The number of rotatable bonds is 6. The summed E-state index contributed by atoms with van der Waals surface area (Å²) in [7, 11) is 0. The number of piperidine rings is 1. The van der Waals surface area contributed by atoms with Gasteiger partial charge in [0.1, 0.15) is 24.3 Å². The van der Waals surface area contributed by atoms with E-state index >= 15 is 0 Å². The minimum absolute atomic E-state index is 0.0144. The number of aliphatic hydroxyl groups excluding tert-OH is 2. The van der Waals surface area contributed by atoms with Crippen LogP contribution < -0.4 is 16.4 Å². The molecule has 41 heavy (non-hydrogen) atoms. The molecule has 0 radical (unpaired) electrons. The van der Waals surface area contributed by atoms with Crippen molar-refractivity contribution in [3.05, 3.63) is 12.2 Å². The Bertz CT molecular complexity index is 1360. The molecule has 3 amide bonds. The van der Waals surface area contributed by atoms with Crippen LogP contribution in [0.25, 0.3) is 11.2 Å². The Morgan fingerprint density at radius 3 is 2.73 bits per heavy atom. The van der Waals surface area contributed by atoms with Crippen LogP contribution in [0.4, 0.5) is 10.6 Å². The van der Waals surface area contributed by atoms with Crippen LogP contribution in [0.2, 0.25) is 0 Å². The highest BCUT2D eigenvalue weighted by Crippen LogP contribution is 2.32. The Balaban J connectivity index is 1.18. The molecule has 0 bridgehead atoms. The van der Waals surface area contributed by atoms with Gasteiger partial charge in [-0.05, 0) is 38.0 Å². The molecule has 15 nitrogen and oxygen atoms in total. The number of carbonyl (C=O) groups is 3. The lowest BCUT2D eigenvalue weighted by Gasteiger charge is -2.30. The first-order valence-electron chi connectivity index (χ1n) is 13.7. The van der Waals surface area contributed by atoms with Gasteiger partial charge in [0.15, 0.2) is 23.8 Å². The third-order valence-electron chi connectivity index (χ3n) is 7.53. The molecule has 3 aliphatic rings. The summed E-state index contributed by atoms with van der Waals surface area (Å²) in [6.45, 7) is 3.39. The predicted octanol–water partition coefficient (Wildman–Crippen LogP) is -0.967. The van der Waals surface area contributed by atoms with Crippen molar-refractivity contribution in [3.63, 3.8) is 0 Å². The summed E-state index contributed by atoms with van der Waals surface area (Å²) in [6, 6.07) is -0.111. The summed E-state index contributed by atoms with van der Waals surface area (Å²) in [6.07, 6.45) is -0.982. The van der Waals surface area contributed by atoms with Crippen molar-refractivity contribution < 1.29 is 34.1 Å². The number of likely N-dealkylation sites (tertiary alicyclic amines) is 1. The predicted molar refractivity (Wildman–Crippen MR) is 143 cm³/mol. The van der Waals surface area contributed by atoms with E-state index < -0.39 is 30.4 Å². The monoisotopic (exact) mass is 570 g/mol. The number of nitrogens with two attached hydrogens (primary N) is 1. The van der Waals surface area contributed by atoms with Gasteiger partial charge < -0.3 is 41.0 Å². The van der Waals surface area contributed by atoms with E-state index in [9.17, 15) is 24.6 Å². The third kappa shape index (κ3) is 6.19. The second-order valence-electron chi connectivity index (χ2n) is 10.4. The fourth-order valence-electron chi connectivity index (χ4n) is 5.22. The molecule has 5 heterocycles. The normalized spacial score (nSPS) is 26.5. The van der Waals surface area contributed by atoms with Crippen LogP contribution in [0.3, 0.4) is 0 Å². The van der Waals surface area contributed by atoms with Gasteiger partial charge in [0.2, 0.25) is 11.7 Å². The van der Waals surface area contributed by atoms with Gasteiger partial charge in [-0.15, -0.1) is 0 Å². The van der Waals surface area contributed by atoms with Crippen LogP contribution in [-0.2, 0) is 19.1 Å². The minimum Gasteiger partial charge on any atom is -0.447 e. The summed E-state index contributed by atoms with van der Waals surface area (Å²) < 4.78 is 12.5. The summed E-state index contributed by atoms with van der Waals surface area (Å²) in [4.78, 5) is 50.5. The first-order valence-corrected chi connectivity index (χ1v) is 13.7. The second-order valence-corrected chi connectivity index (χ2v) is 10.4. The molecule has 220 valence electrons. The first kappa shape index (κ1) is 28.5. The summed E-state index contributed by atoms with van der Waals surface area (Å²) in [5, 5.41) is 26.3. The molecule has 0 saturated carbocycles. The molecular formula is C26H34N8O7. The van der Waals surface area contributed by atoms with Crippen molar-refractivity contribution in [2.45, 2.75) is 69.6 Å². The number of aliphatic hydroxyl groups is 2. The maximum Gasteiger partial charge on any atom is 0.409 e. The van der Waals surface area contributed by atoms with E-state index in [0.717, 1.165) is 12.8 Å². The zero-order chi connectivity index (χ0) is 29.1. The Morgan fingerprint density at radius 1 is 1.24 bits per heavy atom. The highest BCUT2D eigenvalue weighted by Gasteiger charge is 2.47. The number of nitrogens with one attached hydrogen (secondary N) is 2. The van der Waals surface area contributed by atoms with Gasteiger partial charge in [0.05, 0.1) is 12.4 Å². The van der Waals surface area contributed by atoms with E-state index in [1.165, 1.54) is 10.9 Å². The number of nitrogen functional groups attached to an aromatic ring is 1. The fourth-order valence-corrected chi connectivity index (χ4v) is 5.22. The van der Waals surface area contributed by atoms with Gasteiger partial charge in [0, 0.05) is 32.5 Å². The van der Waals surface area contributed by atoms with E-state index in [2.05, 4.69) is 37.4 Å². The number of aromatic nitrogens is 4. The number of fused-ring (bicyclic) bond motifs is 1. The second kappa shape index (κ2) is 12.2. The van der Waals surface area contributed by atoms with Crippen molar-refractivity contribution in [1.29, 1.82) is 0 Å². The molecule has 2 unspecified atom stereocenters. The van der Waals surface area contributed by atoms with E-state index in [4.69, 9.17) is 15.2 Å². The standard InChI is InChI=1S/C26H34N8O7/c1-2-28-24(38)21-19(36)20(37)25(41-21)34-13-29-18-22(27)31-16(32-23(18)34)5-3-4-14-8-10-33(11-9-14)26(39)40-12-15-6-7-17(35)30-15/h13-15,19-21,25,36-37H,2,4,6-12H2,1H3,(H,28,38)(H,30,35)(H2,27,31,32)/t15?,19?,20-,21-,25+/m0/s1. The van der Waals surface area contributed by atoms with Gasteiger partial charge in [-0.2, -0.15) is 0 Å².